The lowest BCUT2D eigenvalue weighted by molar-refractivity contribution is -0.127. The third-order valence-electron chi connectivity index (χ3n) is 5.44. The Kier molecular flexibility index (Phi) is 5.22. The van der Waals surface area contributed by atoms with Crippen LogP contribution in [0, 0.1) is 0 Å². The smallest absolute Gasteiger partial charge is 0.233 e. The van der Waals surface area contributed by atoms with Crippen LogP contribution in [0.15, 0.2) is 29.4 Å². The zero-order valence-corrected chi connectivity index (χ0v) is 17.8. The van der Waals surface area contributed by atoms with E-state index in [-0.39, 0.29) is 17.6 Å². The number of carbonyl (C=O) groups is 1. The van der Waals surface area contributed by atoms with Gasteiger partial charge in [0.1, 0.15) is 0 Å². The van der Waals surface area contributed by atoms with Crippen LogP contribution in [0.5, 0.6) is 0 Å². The quantitative estimate of drug-likeness (QED) is 0.617. The number of likely N-dealkylation sites (tertiary alicyclic amines) is 1. The van der Waals surface area contributed by atoms with Gasteiger partial charge in [0.15, 0.2) is 11.0 Å². The Morgan fingerprint density at radius 2 is 1.97 bits per heavy atom. The molecule has 1 aromatic heterocycles. The van der Waals surface area contributed by atoms with Crippen LogP contribution in [-0.4, -0.2) is 44.6 Å². The Morgan fingerprint density at radius 3 is 2.80 bits per heavy atom. The zero-order valence-electron chi connectivity index (χ0n) is 16.2. The van der Waals surface area contributed by atoms with Gasteiger partial charge in [-0.3, -0.25) is 4.79 Å². The fourth-order valence-electron chi connectivity index (χ4n) is 4.08. The average molecular weight is 442 g/mol. The second kappa shape index (κ2) is 8.02. The zero-order chi connectivity index (χ0) is 20.7. The van der Waals surface area contributed by atoms with Crippen LogP contribution in [-0.2, 0) is 22.7 Å². The summed E-state index contributed by atoms with van der Waals surface area (Å²) in [6.45, 7) is 2.73. The van der Waals surface area contributed by atoms with Gasteiger partial charge in [0, 0.05) is 18.7 Å². The van der Waals surface area contributed by atoms with Crippen LogP contribution in [0.3, 0.4) is 0 Å². The molecule has 0 atom stereocenters. The minimum Gasteiger partial charge on any atom is -0.372 e. The normalized spacial score (nSPS) is 15.7. The lowest BCUT2D eigenvalue weighted by atomic mass is 9.94. The molecule has 3 heterocycles. The average Bonchev–Trinajstić information content (AvgIpc) is 3.27. The summed E-state index contributed by atoms with van der Waals surface area (Å²) in [6.07, 6.45) is 2.13. The first kappa shape index (κ1) is 19.5. The number of benzene rings is 2. The predicted molar refractivity (Wildman–Crippen MR) is 117 cm³/mol. The van der Waals surface area contributed by atoms with Crippen molar-refractivity contribution in [3.63, 3.8) is 0 Å². The van der Waals surface area contributed by atoms with E-state index in [0.29, 0.717) is 29.2 Å². The molecular weight excluding hydrogens is 422 g/mol. The number of hydrogen-bond acceptors (Lipinski definition) is 7. The molecule has 7 nitrogen and oxygen atoms in total. The van der Waals surface area contributed by atoms with Crippen molar-refractivity contribution in [1.82, 2.24) is 19.9 Å². The molecular formula is C21H20ClN5O2S. The van der Waals surface area contributed by atoms with Gasteiger partial charge in [-0.05, 0) is 40.8 Å². The number of nitrogens with two attached hydrogens (primary N) is 1. The predicted octanol–water partition coefficient (Wildman–Crippen LogP) is 3.67. The van der Waals surface area contributed by atoms with Crippen LogP contribution in [0.25, 0.3) is 22.2 Å². The van der Waals surface area contributed by atoms with E-state index in [1.165, 1.54) is 11.8 Å². The maximum atomic E-state index is 12.4. The van der Waals surface area contributed by atoms with Gasteiger partial charge in [0.2, 0.25) is 11.9 Å². The van der Waals surface area contributed by atoms with Crippen molar-refractivity contribution in [2.24, 2.45) is 0 Å². The number of amides is 1. The first-order valence-corrected chi connectivity index (χ1v) is 11.2. The topological polar surface area (TPSA) is 94.2 Å². The Balaban J connectivity index is 1.52. The van der Waals surface area contributed by atoms with Gasteiger partial charge in [-0.1, -0.05) is 41.6 Å². The number of halogens is 1. The molecule has 0 bridgehead atoms. The van der Waals surface area contributed by atoms with E-state index in [1.807, 2.05) is 23.1 Å². The minimum atomic E-state index is 0.0950. The van der Waals surface area contributed by atoms with Crippen molar-refractivity contribution in [1.29, 1.82) is 0 Å². The van der Waals surface area contributed by atoms with Crippen molar-refractivity contribution in [2.75, 3.05) is 24.6 Å². The summed E-state index contributed by atoms with van der Waals surface area (Å²) in [5.41, 5.74) is 8.87. The molecule has 1 saturated heterocycles. The third kappa shape index (κ3) is 3.59. The number of nitrogens with zero attached hydrogens (tertiary/aromatic N) is 4. The Morgan fingerprint density at radius 1 is 1.17 bits per heavy atom. The highest BCUT2D eigenvalue weighted by Gasteiger charge is 2.22. The molecule has 5 rings (SSSR count). The molecule has 0 spiro atoms. The highest BCUT2D eigenvalue weighted by atomic mass is 35.5. The maximum Gasteiger partial charge on any atom is 0.233 e. The summed E-state index contributed by atoms with van der Waals surface area (Å²) in [5.74, 6) is 0.894. The molecule has 2 aliphatic heterocycles. The molecule has 0 aliphatic carbocycles. The molecule has 1 amide bonds. The molecule has 0 radical (unpaired) electrons. The van der Waals surface area contributed by atoms with Crippen LogP contribution >= 0.6 is 23.4 Å². The third-order valence-corrected chi connectivity index (χ3v) is 6.57. The van der Waals surface area contributed by atoms with E-state index in [1.54, 1.807) is 0 Å². The highest BCUT2D eigenvalue weighted by molar-refractivity contribution is 7.99. The number of rotatable bonds is 4. The molecule has 9 heteroatoms. The van der Waals surface area contributed by atoms with E-state index in [0.717, 1.165) is 53.4 Å². The molecule has 154 valence electrons. The summed E-state index contributed by atoms with van der Waals surface area (Å²) in [7, 11) is 0. The first-order chi connectivity index (χ1) is 14.6. The van der Waals surface area contributed by atoms with E-state index < -0.39 is 0 Å². The number of aromatic nitrogens is 3. The van der Waals surface area contributed by atoms with Crippen molar-refractivity contribution in [3.8, 4) is 11.4 Å². The Hall–Kier alpha value is -2.42. The molecule has 2 aromatic carbocycles. The maximum absolute atomic E-state index is 12.4. The lowest BCUT2D eigenvalue weighted by Crippen LogP contribution is -2.29. The Labute approximate surface area is 183 Å². The summed E-state index contributed by atoms with van der Waals surface area (Å²) >= 11 is 7.93. The minimum absolute atomic E-state index is 0.0950. The van der Waals surface area contributed by atoms with Crippen molar-refractivity contribution in [3.05, 3.63) is 40.4 Å². The summed E-state index contributed by atoms with van der Waals surface area (Å²) in [4.78, 5) is 27.4. The molecule has 30 heavy (non-hydrogen) atoms. The monoisotopic (exact) mass is 441 g/mol. The van der Waals surface area contributed by atoms with Crippen LogP contribution in [0.4, 0.5) is 5.95 Å². The van der Waals surface area contributed by atoms with Crippen LogP contribution in [0.1, 0.15) is 24.0 Å². The fourth-order valence-corrected chi connectivity index (χ4v) is 5.14. The van der Waals surface area contributed by atoms with Gasteiger partial charge in [-0.25, -0.2) is 4.98 Å². The fraction of sp³-hybridized carbons (Fsp3) is 0.333. The lowest BCUT2D eigenvalue weighted by Gasteiger charge is -2.20. The van der Waals surface area contributed by atoms with E-state index in [9.17, 15) is 4.79 Å². The van der Waals surface area contributed by atoms with E-state index in [2.05, 4.69) is 21.0 Å². The molecule has 0 unspecified atom stereocenters. The van der Waals surface area contributed by atoms with Crippen molar-refractivity contribution >= 4 is 46.0 Å². The standard InChI is InChI=1S/C21H20ClN5O2S/c22-15-8-13-10-29-9-12-4-3-5-14(17(12)13)18(15)19-24-20(23)26-21(25-19)30-11-16(28)27-6-1-2-7-27/h3-5,8H,1-2,6-7,9-11H2,(H2,23,24,25,26). The molecule has 2 aliphatic rings. The van der Waals surface area contributed by atoms with Gasteiger partial charge in [0.25, 0.3) is 0 Å². The number of nitrogen functional groups attached to an aromatic ring is 1. The van der Waals surface area contributed by atoms with E-state index in [4.69, 9.17) is 22.1 Å². The van der Waals surface area contributed by atoms with Crippen LogP contribution < -0.4 is 5.73 Å². The largest absolute Gasteiger partial charge is 0.372 e. The second-order valence-corrected chi connectivity index (χ2v) is 8.75. The second-order valence-electron chi connectivity index (χ2n) is 7.40. The van der Waals surface area contributed by atoms with Gasteiger partial charge >= 0.3 is 0 Å². The van der Waals surface area contributed by atoms with Gasteiger partial charge in [-0.15, -0.1) is 0 Å². The van der Waals surface area contributed by atoms with Crippen LogP contribution in [0.2, 0.25) is 5.02 Å². The van der Waals surface area contributed by atoms with Gasteiger partial charge < -0.3 is 15.4 Å². The van der Waals surface area contributed by atoms with Gasteiger partial charge in [-0.2, -0.15) is 9.97 Å². The number of thioether (sulfide) groups is 1. The SMILES string of the molecule is Nc1nc(SCC(=O)N2CCCC2)nc(-c2c(Cl)cc3c4c(cccc24)COC3)n1. The number of anilines is 1. The molecule has 1 fully saturated rings. The molecule has 3 aromatic rings. The molecule has 0 saturated carbocycles. The summed E-state index contributed by atoms with van der Waals surface area (Å²) in [6, 6.07) is 7.95. The first-order valence-electron chi connectivity index (χ1n) is 9.83. The summed E-state index contributed by atoms with van der Waals surface area (Å²) in [5, 5.41) is 3.05. The van der Waals surface area contributed by atoms with Gasteiger partial charge in [0.05, 0.1) is 24.0 Å². The molecule has 2 N–H and O–H groups in total. The van der Waals surface area contributed by atoms with Crippen molar-refractivity contribution in [2.45, 2.75) is 31.2 Å². The Bertz CT molecular complexity index is 1150. The summed E-state index contributed by atoms with van der Waals surface area (Å²) < 4.78 is 5.66. The number of hydrogen-bond donors (Lipinski definition) is 1. The number of carbonyl (C=O) groups excluding carboxylic acids is 1. The highest BCUT2D eigenvalue weighted by Crippen LogP contribution is 2.39. The van der Waals surface area contributed by atoms with E-state index >= 15 is 0 Å². The van der Waals surface area contributed by atoms with Crippen molar-refractivity contribution < 1.29 is 9.53 Å². The number of ether oxygens (including phenoxy) is 1.